The average molecular weight is 354 g/mol. The number of rotatable bonds is 3. The second kappa shape index (κ2) is 8.04. The molecule has 0 atom stereocenters. The Morgan fingerprint density at radius 2 is 1.85 bits per heavy atom. The van der Waals surface area contributed by atoms with Crippen LogP contribution < -0.4 is 5.56 Å². The molecule has 1 aromatic carbocycles. The molecule has 0 amide bonds. The van der Waals surface area contributed by atoms with Crippen LogP contribution in [0.3, 0.4) is 0 Å². The molecule has 0 unspecified atom stereocenters. The maximum atomic E-state index is 12.3. The quantitative estimate of drug-likeness (QED) is 0.706. The van der Waals surface area contributed by atoms with Crippen LogP contribution in [0.25, 0.3) is 22.2 Å². The summed E-state index contributed by atoms with van der Waals surface area (Å²) in [5, 5.41) is 1.10. The topological polar surface area (TPSA) is 64.1 Å². The lowest BCUT2D eigenvalue weighted by Crippen LogP contribution is -2.21. The molecular weight excluding hydrogens is 328 g/mol. The summed E-state index contributed by atoms with van der Waals surface area (Å²) in [7, 11) is 3.27. The molecule has 0 radical (unpaired) electrons. The zero-order chi connectivity index (χ0) is 19.4. The second-order valence-corrected chi connectivity index (χ2v) is 6.19. The summed E-state index contributed by atoms with van der Waals surface area (Å²) in [6.07, 6.45) is 2.00. The van der Waals surface area contributed by atoms with Crippen molar-refractivity contribution in [3.63, 3.8) is 0 Å². The Labute approximate surface area is 153 Å². The summed E-state index contributed by atoms with van der Waals surface area (Å²) >= 11 is 0. The number of carbonyl (C=O) groups excluding carboxylic acids is 1. The highest BCUT2D eigenvalue weighted by atomic mass is 16.5. The summed E-state index contributed by atoms with van der Waals surface area (Å²) in [6, 6.07) is 9.73. The van der Waals surface area contributed by atoms with Gasteiger partial charge in [0.05, 0.1) is 12.8 Å². The number of ether oxygens (including phenoxy) is 1. The van der Waals surface area contributed by atoms with Crippen LogP contribution in [0.15, 0.2) is 41.3 Å². The van der Waals surface area contributed by atoms with Crippen LogP contribution in [0, 0.1) is 0 Å². The number of methoxy groups -OCH3 is 1. The van der Waals surface area contributed by atoms with E-state index in [0.717, 1.165) is 27.7 Å². The van der Waals surface area contributed by atoms with Gasteiger partial charge in [0.15, 0.2) is 0 Å². The van der Waals surface area contributed by atoms with E-state index in [9.17, 15) is 9.59 Å². The monoisotopic (exact) mass is 354 g/mol. The molecule has 0 aliphatic carbocycles. The zero-order valence-electron chi connectivity index (χ0n) is 16.2. The van der Waals surface area contributed by atoms with Gasteiger partial charge in [-0.1, -0.05) is 33.8 Å². The van der Waals surface area contributed by atoms with Gasteiger partial charge in [-0.25, -0.2) is 4.79 Å². The predicted octanol–water partition coefficient (Wildman–Crippen LogP) is 4.47. The smallest absolute Gasteiger partial charge is 0.343 e. The Morgan fingerprint density at radius 1 is 1.15 bits per heavy atom. The number of nitrogens with one attached hydrogen (secondary N) is 1. The molecule has 0 fully saturated rings. The molecule has 2 heterocycles. The molecule has 2 aromatic heterocycles. The third-order valence-corrected chi connectivity index (χ3v) is 4.27. The number of benzene rings is 1. The largest absolute Gasteiger partial charge is 0.465 e. The van der Waals surface area contributed by atoms with E-state index in [1.807, 2.05) is 69.8 Å². The summed E-state index contributed by atoms with van der Waals surface area (Å²) in [4.78, 5) is 27.0. The Hall–Kier alpha value is -2.82. The van der Waals surface area contributed by atoms with E-state index >= 15 is 0 Å². The minimum Gasteiger partial charge on any atom is -0.465 e. The Kier molecular flexibility index (Phi) is 6.03. The number of esters is 1. The van der Waals surface area contributed by atoms with Gasteiger partial charge < -0.3 is 14.3 Å². The zero-order valence-corrected chi connectivity index (χ0v) is 16.2. The molecule has 1 N–H and O–H groups in total. The number of hydrogen-bond acceptors (Lipinski definition) is 3. The first kappa shape index (κ1) is 19.5. The van der Waals surface area contributed by atoms with E-state index in [-0.39, 0.29) is 11.5 Å². The number of aromatic amines is 1. The van der Waals surface area contributed by atoms with Crippen molar-refractivity contribution in [2.24, 2.45) is 7.05 Å². The predicted molar refractivity (Wildman–Crippen MR) is 106 cm³/mol. The number of H-pyrrole nitrogens is 1. The molecule has 5 heteroatoms. The van der Waals surface area contributed by atoms with Crippen LogP contribution in [0.4, 0.5) is 0 Å². The van der Waals surface area contributed by atoms with Gasteiger partial charge in [-0.05, 0) is 41.3 Å². The van der Waals surface area contributed by atoms with Crippen LogP contribution in [0.1, 0.15) is 49.5 Å². The normalized spacial score (nSPS) is 10.6. The summed E-state index contributed by atoms with van der Waals surface area (Å²) in [5.74, 6) is -0.477. The van der Waals surface area contributed by atoms with Crippen molar-refractivity contribution in [3.05, 3.63) is 58.0 Å². The van der Waals surface area contributed by atoms with Crippen molar-refractivity contribution in [1.29, 1.82) is 0 Å². The lowest BCUT2D eigenvalue weighted by atomic mass is 9.95. The van der Waals surface area contributed by atoms with Gasteiger partial charge in [0.25, 0.3) is 5.56 Å². The maximum Gasteiger partial charge on any atom is 0.343 e. The van der Waals surface area contributed by atoms with Gasteiger partial charge in [0, 0.05) is 24.1 Å². The minimum absolute atomic E-state index is 0.0331. The van der Waals surface area contributed by atoms with Crippen molar-refractivity contribution in [3.8, 4) is 11.3 Å². The van der Waals surface area contributed by atoms with Crippen LogP contribution in [0.5, 0.6) is 0 Å². The van der Waals surface area contributed by atoms with Crippen molar-refractivity contribution in [1.82, 2.24) is 9.55 Å². The third-order valence-electron chi connectivity index (χ3n) is 4.27. The van der Waals surface area contributed by atoms with Gasteiger partial charge in [0.1, 0.15) is 5.56 Å². The van der Waals surface area contributed by atoms with Crippen LogP contribution in [0.2, 0.25) is 0 Å². The Bertz CT molecular complexity index is 981. The minimum atomic E-state index is -0.622. The molecule has 3 aromatic rings. The highest BCUT2D eigenvalue weighted by molar-refractivity contribution is 5.90. The van der Waals surface area contributed by atoms with E-state index < -0.39 is 11.5 Å². The SMILES string of the molecule is CC.COC(=O)c1cc(C(C)C)c(-c2ccc3c(ccn3C)c2)[nH]c1=O. The summed E-state index contributed by atoms with van der Waals surface area (Å²) in [5.41, 5.74) is 3.29. The molecule has 0 saturated heterocycles. The lowest BCUT2D eigenvalue weighted by molar-refractivity contribution is 0.0598. The van der Waals surface area contributed by atoms with Gasteiger partial charge in [0.2, 0.25) is 0 Å². The fourth-order valence-corrected chi connectivity index (χ4v) is 2.94. The van der Waals surface area contributed by atoms with E-state index in [0.29, 0.717) is 0 Å². The van der Waals surface area contributed by atoms with Gasteiger partial charge in [-0.3, -0.25) is 4.79 Å². The van der Waals surface area contributed by atoms with Crippen molar-refractivity contribution in [2.75, 3.05) is 7.11 Å². The van der Waals surface area contributed by atoms with Crippen molar-refractivity contribution in [2.45, 2.75) is 33.6 Å². The number of carbonyl (C=O) groups is 1. The molecule has 3 rings (SSSR count). The number of pyridine rings is 1. The molecule has 5 nitrogen and oxygen atoms in total. The van der Waals surface area contributed by atoms with Crippen molar-refractivity contribution < 1.29 is 9.53 Å². The molecule has 0 bridgehead atoms. The second-order valence-electron chi connectivity index (χ2n) is 6.19. The number of nitrogens with zero attached hydrogens (tertiary/aromatic N) is 1. The number of aromatic nitrogens is 2. The highest BCUT2D eigenvalue weighted by Crippen LogP contribution is 2.29. The molecule has 26 heavy (non-hydrogen) atoms. The molecule has 138 valence electrons. The number of fused-ring (bicyclic) bond motifs is 1. The van der Waals surface area contributed by atoms with Gasteiger partial charge in [-0.15, -0.1) is 0 Å². The summed E-state index contributed by atoms with van der Waals surface area (Å²) < 4.78 is 6.74. The van der Waals surface area contributed by atoms with Crippen LogP contribution in [-0.2, 0) is 11.8 Å². The fraction of sp³-hybridized carbons (Fsp3) is 0.333. The number of aryl methyl sites for hydroxylation is 1. The molecule has 0 spiro atoms. The average Bonchev–Trinajstić information content (AvgIpc) is 3.02. The lowest BCUT2D eigenvalue weighted by Gasteiger charge is -2.14. The van der Waals surface area contributed by atoms with Gasteiger partial charge in [-0.2, -0.15) is 0 Å². The van der Waals surface area contributed by atoms with E-state index in [1.165, 1.54) is 7.11 Å². The first-order valence-corrected chi connectivity index (χ1v) is 8.83. The fourth-order valence-electron chi connectivity index (χ4n) is 2.94. The maximum absolute atomic E-state index is 12.3. The first-order chi connectivity index (χ1) is 12.4. The number of hydrogen-bond donors (Lipinski definition) is 1. The molecule has 0 aliphatic rings. The standard InChI is InChI=1S/C19H20N2O3.C2H6/c1-11(2)14-10-15(19(23)24-4)18(22)20-17(14)13-5-6-16-12(9-13)7-8-21(16)3;1-2/h5-11H,1-4H3,(H,20,22);1-2H3. The van der Waals surface area contributed by atoms with Crippen LogP contribution in [-0.4, -0.2) is 22.6 Å². The molecular formula is C21H26N2O3. The third kappa shape index (κ3) is 3.57. The molecule has 0 saturated carbocycles. The van der Waals surface area contributed by atoms with Crippen molar-refractivity contribution >= 4 is 16.9 Å². The van der Waals surface area contributed by atoms with Gasteiger partial charge >= 0.3 is 5.97 Å². The Morgan fingerprint density at radius 3 is 2.46 bits per heavy atom. The van der Waals surface area contributed by atoms with E-state index in [4.69, 9.17) is 4.74 Å². The van der Waals surface area contributed by atoms with E-state index in [2.05, 4.69) is 4.98 Å². The van der Waals surface area contributed by atoms with Crippen LogP contribution >= 0.6 is 0 Å². The molecule has 0 aliphatic heterocycles. The summed E-state index contributed by atoms with van der Waals surface area (Å²) in [6.45, 7) is 8.05. The van der Waals surface area contributed by atoms with E-state index in [1.54, 1.807) is 6.07 Å². The first-order valence-electron chi connectivity index (χ1n) is 8.83. The Balaban J connectivity index is 0.00000117. The highest BCUT2D eigenvalue weighted by Gasteiger charge is 2.18.